The lowest BCUT2D eigenvalue weighted by molar-refractivity contribution is -0.118. The fourth-order valence-electron chi connectivity index (χ4n) is 4.44. The van der Waals surface area contributed by atoms with Gasteiger partial charge < -0.3 is 5.32 Å². The van der Waals surface area contributed by atoms with Crippen LogP contribution in [0.15, 0.2) is 70.3 Å². The number of halogens is 2. The summed E-state index contributed by atoms with van der Waals surface area (Å²) < 4.78 is 2.97. The van der Waals surface area contributed by atoms with Crippen LogP contribution in [0.5, 0.6) is 0 Å². The molecule has 0 spiro atoms. The highest BCUT2D eigenvalue weighted by Crippen LogP contribution is 2.46. The maximum atomic E-state index is 13.2. The zero-order chi connectivity index (χ0) is 21.0. The minimum Gasteiger partial charge on any atom is -0.343 e. The molecule has 1 N–H and O–H groups in total. The van der Waals surface area contributed by atoms with Crippen molar-refractivity contribution >= 4 is 39.1 Å². The molecule has 1 aliphatic heterocycles. The molecule has 0 bridgehead atoms. The molecule has 0 amide bonds. The van der Waals surface area contributed by atoms with Gasteiger partial charge in [0.1, 0.15) is 11.9 Å². The van der Waals surface area contributed by atoms with E-state index in [4.69, 9.17) is 16.7 Å². The molecule has 0 unspecified atom stereocenters. The fraction of sp³-hybridized carbons (Fsp3) is 0.250. The zero-order valence-electron chi connectivity index (χ0n) is 16.7. The minimum atomic E-state index is -0.263. The SMILES string of the molecule is CC1(C)CC(=O)C2=C(C1)Nc1cc(-c3ccc(Br)cc3)nn1[C@H]2c1ccc(Cl)cc1. The molecule has 3 aromatic rings. The molecule has 6 heteroatoms. The number of benzene rings is 2. The minimum absolute atomic E-state index is 0.0653. The number of aromatic nitrogens is 2. The second kappa shape index (κ2) is 7.10. The van der Waals surface area contributed by atoms with Crippen molar-refractivity contribution in [1.29, 1.82) is 0 Å². The van der Waals surface area contributed by atoms with E-state index in [1.807, 2.05) is 53.2 Å². The lowest BCUT2D eigenvalue weighted by Crippen LogP contribution is -2.36. The highest BCUT2D eigenvalue weighted by molar-refractivity contribution is 9.10. The Hall–Kier alpha value is -2.37. The number of carbonyl (C=O) groups is 1. The highest BCUT2D eigenvalue weighted by Gasteiger charge is 2.41. The number of ketones is 1. The first-order valence-electron chi connectivity index (χ1n) is 9.95. The van der Waals surface area contributed by atoms with Gasteiger partial charge >= 0.3 is 0 Å². The van der Waals surface area contributed by atoms with Crippen LogP contribution in [0.2, 0.25) is 5.02 Å². The van der Waals surface area contributed by atoms with E-state index in [1.165, 1.54) is 0 Å². The number of fused-ring (bicyclic) bond motifs is 1. The molecular formula is C24H21BrClN3O. The van der Waals surface area contributed by atoms with E-state index >= 15 is 0 Å². The van der Waals surface area contributed by atoms with Crippen molar-refractivity contribution in [1.82, 2.24) is 9.78 Å². The molecule has 1 aliphatic carbocycles. The van der Waals surface area contributed by atoms with E-state index in [9.17, 15) is 4.79 Å². The first-order chi connectivity index (χ1) is 14.3. The number of nitrogens with one attached hydrogen (secondary N) is 1. The topological polar surface area (TPSA) is 46.9 Å². The van der Waals surface area contributed by atoms with Gasteiger partial charge in [0, 0.05) is 38.8 Å². The van der Waals surface area contributed by atoms with Gasteiger partial charge in [0.15, 0.2) is 5.78 Å². The van der Waals surface area contributed by atoms with Crippen LogP contribution in [-0.2, 0) is 4.79 Å². The molecule has 30 heavy (non-hydrogen) atoms. The Labute approximate surface area is 189 Å². The van der Waals surface area contributed by atoms with Crippen LogP contribution in [0.25, 0.3) is 11.3 Å². The molecule has 0 radical (unpaired) electrons. The van der Waals surface area contributed by atoms with Crippen LogP contribution in [0.3, 0.4) is 0 Å². The van der Waals surface area contributed by atoms with Crippen LogP contribution in [0.1, 0.15) is 38.3 Å². The van der Waals surface area contributed by atoms with Crippen molar-refractivity contribution in [3.8, 4) is 11.3 Å². The molecule has 5 rings (SSSR count). The van der Waals surface area contributed by atoms with Gasteiger partial charge in [-0.3, -0.25) is 4.79 Å². The van der Waals surface area contributed by atoms with Crippen LogP contribution < -0.4 is 5.32 Å². The number of hydrogen-bond donors (Lipinski definition) is 1. The van der Waals surface area contributed by atoms with Crippen LogP contribution in [0, 0.1) is 5.41 Å². The van der Waals surface area contributed by atoms with Crippen molar-refractivity contribution in [2.45, 2.75) is 32.7 Å². The molecule has 0 saturated heterocycles. The Morgan fingerprint density at radius 2 is 1.80 bits per heavy atom. The summed E-state index contributed by atoms with van der Waals surface area (Å²) in [6, 6.07) is 17.6. The van der Waals surface area contributed by atoms with Gasteiger partial charge in [-0.05, 0) is 41.7 Å². The summed E-state index contributed by atoms with van der Waals surface area (Å²) >= 11 is 9.62. The predicted molar refractivity (Wildman–Crippen MR) is 124 cm³/mol. The normalized spacial score (nSPS) is 19.9. The number of hydrogen-bond acceptors (Lipinski definition) is 3. The molecule has 0 fully saturated rings. The van der Waals surface area contributed by atoms with E-state index < -0.39 is 0 Å². The Morgan fingerprint density at radius 3 is 2.50 bits per heavy atom. The third-order valence-electron chi connectivity index (χ3n) is 5.78. The first kappa shape index (κ1) is 19.6. The molecule has 4 nitrogen and oxygen atoms in total. The van der Waals surface area contributed by atoms with E-state index in [2.05, 4.69) is 41.2 Å². The summed E-state index contributed by atoms with van der Waals surface area (Å²) in [6.07, 6.45) is 1.37. The van der Waals surface area contributed by atoms with E-state index in [0.717, 1.165) is 44.8 Å². The Balaban J connectivity index is 1.67. The number of rotatable bonds is 2. The lowest BCUT2D eigenvalue weighted by atomic mass is 9.73. The van der Waals surface area contributed by atoms with Crippen LogP contribution in [0.4, 0.5) is 5.82 Å². The third kappa shape index (κ3) is 3.40. The molecule has 152 valence electrons. The van der Waals surface area contributed by atoms with Crippen LogP contribution in [-0.4, -0.2) is 15.6 Å². The summed E-state index contributed by atoms with van der Waals surface area (Å²) in [7, 11) is 0. The van der Waals surface area contributed by atoms with Gasteiger partial charge in [0.05, 0.1) is 5.69 Å². The van der Waals surface area contributed by atoms with E-state index in [1.54, 1.807) is 0 Å². The molecule has 2 aromatic carbocycles. The van der Waals surface area contributed by atoms with Gasteiger partial charge in [-0.25, -0.2) is 4.68 Å². The Kier molecular flexibility index (Phi) is 4.64. The van der Waals surface area contributed by atoms with Crippen molar-refractivity contribution in [2.75, 3.05) is 5.32 Å². The molecule has 0 saturated carbocycles. The van der Waals surface area contributed by atoms with Crippen molar-refractivity contribution < 1.29 is 4.79 Å². The Bertz CT molecular complexity index is 1180. The number of anilines is 1. The summed E-state index contributed by atoms with van der Waals surface area (Å²) in [4.78, 5) is 13.2. The maximum absolute atomic E-state index is 13.2. The number of nitrogens with zero attached hydrogens (tertiary/aromatic N) is 2. The molecule has 1 atom stereocenters. The van der Waals surface area contributed by atoms with Gasteiger partial charge in [-0.2, -0.15) is 5.10 Å². The third-order valence-corrected chi connectivity index (χ3v) is 6.56. The fourth-order valence-corrected chi connectivity index (χ4v) is 4.83. The van der Waals surface area contributed by atoms with Gasteiger partial charge in [-0.15, -0.1) is 0 Å². The average molecular weight is 483 g/mol. The highest BCUT2D eigenvalue weighted by atomic mass is 79.9. The summed E-state index contributed by atoms with van der Waals surface area (Å²) in [5, 5.41) is 9.11. The number of Topliss-reactive ketones (excluding diaryl/α,β-unsaturated/α-hetero) is 1. The van der Waals surface area contributed by atoms with Crippen molar-refractivity contribution in [2.24, 2.45) is 5.41 Å². The summed E-state index contributed by atoms with van der Waals surface area (Å²) in [5.74, 6) is 1.08. The summed E-state index contributed by atoms with van der Waals surface area (Å²) in [5.41, 5.74) is 4.66. The van der Waals surface area contributed by atoms with Gasteiger partial charge in [0.2, 0.25) is 0 Å². The zero-order valence-corrected chi connectivity index (χ0v) is 19.1. The second-order valence-electron chi connectivity index (χ2n) is 8.78. The Morgan fingerprint density at radius 1 is 1.10 bits per heavy atom. The molecular weight excluding hydrogens is 462 g/mol. The smallest absolute Gasteiger partial charge is 0.163 e. The van der Waals surface area contributed by atoms with E-state index in [0.29, 0.717) is 11.4 Å². The molecule has 1 aromatic heterocycles. The number of allylic oxidation sites excluding steroid dienone is 2. The van der Waals surface area contributed by atoms with Crippen molar-refractivity contribution in [3.05, 3.63) is 80.9 Å². The standard InChI is InChI=1S/C24H21BrClN3O/c1-24(2)12-19-22(20(30)13-24)23(15-5-9-17(26)10-6-15)29-21(27-19)11-18(28-29)14-3-7-16(25)8-4-14/h3-11,23,27H,12-13H2,1-2H3/t23-/m0/s1. The first-order valence-corrected chi connectivity index (χ1v) is 11.1. The van der Waals surface area contributed by atoms with Crippen molar-refractivity contribution in [3.63, 3.8) is 0 Å². The average Bonchev–Trinajstić information content (AvgIpc) is 3.10. The largest absolute Gasteiger partial charge is 0.343 e. The summed E-state index contributed by atoms with van der Waals surface area (Å²) in [6.45, 7) is 4.29. The quantitative estimate of drug-likeness (QED) is 0.446. The second-order valence-corrected chi connectivity index (χ2v) is 10.1. The monoisotopic (exact) mass is 481 g/mol. The van der Waals surface area contributed by atoms with Gasteiger partial charge in [-0.1, -0.05) is 65.6 Å². The van der Waals surface area contributed by atoms with Gasteiger partial charge in [0.25, 0.3) is 0 Å². The molecule has 2 heterocycles. The maximum Gasteiger partial charge on any atom is 0.163 e. The van der Waals surface area contributed by atoms with Crippen LogP contribution >= 0.6 is 27.5 Å². The molecule has 2 aliphatic rings. The van der Waals surface area contributed by atoms with E-state index in [-0.39, 0.29) is 17.2 Å². The predicted octanol–water partition coefficient (Wildman–Crippen LogP) is 6.62. The number of carbonyl (C=O) groups excluding carboxylic acids is 1. The lowest BCUT2D eigenvalue weighted by Gasteiger charge is -2.38.